The number of halogens is 1. The molecule has 1 spiro atoms. The Morgan fingerprint density at radius 3 is 2.83 bits per heavy atom. The number of aromatic hydroxyl groups is 1. The fourth-order valence-corrected chi connectivity index (χ4v) is 9.23. The number of phenolic OH excluding ortho intramolecular Hbond substituents is 1. The second kappa shape index (κ2) is 8.07. The summed E-state index contributed by atoms with van der Waals surface area (Å²) in [7, 11) is 8.56. The number of rotatable bonds is 4. The van der Waals surface area contributed by atoms with Crippen molar-refractivity contribution in [2.75, 3.05) is 34.7 Å². The highest BCUT2D eigenvalue weighted by Gasteiger charge is 2.74. The quantitative estimate of drug-likeness (QED) is 0.573. The van der Waals surface area contributed by atoms with Crippen LogP contribution in [0.5, 0.6) is 11.5 Å². The largest absolute Gasteiger partial charge is 0.504 e. The van der Waals surface area contributed by atoms with E-state index in [-0.39, 0.29) is 34.8 Å². The summed E-state index contributed by atoms with van der Waals surface area (Å²) < 4.78 is 7.78. The van der Waals surface area contributed by atoms with Gasteiger partial charge in [0.15, 0.2) is 11.5 Å². The van der Waals surface area contributed by atoms with Crippen molar-refractivity contribution in [1.29, 1.82) is 0 Å². The van der Waals surface area contributed by atoms with Crippen LogP contribution in [-0.4, -0.2) is 84.2 Å². The molecule has 2 aromatic rings. The van der Waals surface area contributed by atoms with E-state index in [4.69, 9.17) is 4.74 Å². The molecule has 3 heterocycles. The van der Waals surface area contributed by atoms with Crippen LogP contribution in [-0.2, 0) is 16.6 Å². The third kappa shape index (κ3) is 3.03. The van der Waals surface area contributed by atoms with Crippen molar-refractivity contribution in [3.8, 4) is 11.5 Å². The van der Waals surface area contributed by atoms with Crippen molar-refractivity contribution >= 4 is 39.2 Å². The van der Waals surface area contributed by atoms with E-state index < -0.39 is 0 Å². The first-order valence-corrected chi connectivity index (χ1v) is 14.0. The van der Waals surface area contributed by atoms with Gasteiger partial charge < -0.3 is 24.5 Å². The van der Waals surface area contributed by atoms with Gasteiger partial charge in [-0.05, 0) is 93.1 Å². The Bertz CT molecular complexity index is 1230. The van der Waals surface area contributed by atoms with Crippen LogP contribution in [0.2, 0.25) is 0 Å². The Hall–Kier alpha value is -1.87. The number of benzene rings is 1. The number of hydrogen-bond acceptors (Lipinski definition) is 6. The van der Waals surface area contributed by atoms with Gasteiger partial charge in [-0.15, -0.1) is 11.3 Å². The topological polar surface area (TPSA) is 56.3 Å². The van der Waals surface area contributed by atoms with Gasteiger partial charge in [0.1, 0.15) is 6.10 Å². The summed E-state index contributed by atoms with van der Waals surface area (Å²) in [5.41, 5.74) is 2.10. The minimum Gasteiger partial charge on any atom is -0.504 e. The normalized spacial score (nSPS) is 33.1. The molecule has 2 fully saturated rings. The first-order chi connectivity index (χ1) is 16.7. The van der Waals surface area contributed by atoms with Gasteiger partial charge in [-0.2, -0.15) is 0 Å². The van der Waals surface area contributed by atoms with Crippen LogP contribution in [0.15, 0.2) is 34.1 Å². The molecule has 2 bridgehead atoms. The maximum Gasteiger partial charge on any atom is 0.246 e. The van der Waals surface area contributed by atoms with Crippen LogP contribution < -0.4 is 4.74 Å². The molecule has 5 atom stereocenters. The lowest BCUT2D eigenvalue weighted by Gasteiger charge is -2.68. The zero-order valence-corrected chi connectivity index (χ0v) is 23.0. The number of carbonyl (C=O) groups excluding carboxylic acids is 1. The number of piperidine rings is 1. The van der Waals surface area contributed by atoms with Gasteiger partial charge in [-0.1, -0.05) is 6.07 Å². The molecule has 6 nitrogen and oxygen atoms in total. The number of likely N-dealkylation sites (N-methyl/N-ethyl adjacent to an activating group) is 3. The highest BCUT2D eigenvalue weighted by Crippen LogP contribution is 2.66. The lowest BCUT2D eigenvalue weighted by atomic mass is 9.46. The lowest BCUT2D eigenvalue weighted by molar-refractivity contribution is -0.157. The van der Waals surface area contributed by atoms with Gasteiger partial charge in [0, 0.05) is 45.0 Å². The number of amides is 1. The van der Waals surface area contributed by atoms with E-state index >= 15 is 0 Å². The summed E-state index contributed by atoms with van der Waals surface area (Å²) in [6.45, 7) is 0.978. The Morgan fingerprint density at radius 1 is 1.31 bits per heavy atom. The predicted octanol–water partition coefficient (Wildman–Crippen LogP) is 4.11. The minimum atomic E-state index is -0.269. The van der Waals surface area contributed by atoms with Crippen molar-refractivity contribution in [2.24, 2.45) is 0 Å². The van der Waals surface area contributed by atoms with Crippen LogP contribution >= 0.6 is 27.3 Å². The summed E-state index contributed by atoms with van der Waals surface area (Å²) in [5, 5.41) is 12.9. The molecular formula is C27H32BrN3O3S. The highest BCUT2D eigenvalue weighted by atomic mass is 79.9. The maximum atomic E-state index is 13.4. The molecule has 8 heteroatoms. The van der Waals surface area contributed by atoms with E-state index in [1.54, 1.807) is 23.5 Å². The van der Waals surface area contributed by atoms with Gasteiger partial charge in [0.25, 0.3) is 0 Å². The van der Waals surface area contributed by atoms with E-state index in [1.165, 1.54) is 11.1 Å². The van der Waals surface area contributed by atoms with E-state index in [0.29, 0.717) is 11.8 Å². The molecule has 1 aromatic carbocycles. The van der Waals surface area contributed by atoms with Crippen molar-refractivity contribution in [3.05, 3.63) is 50.1 Å². The monoisotopic (exact) mass is 557 g/mol. The summed E-state index contributed by atoms with van der Waals surface area (Å²) in [6.07, 6.45) is 7.10. The summed E-state index contributed by atoms with van der Waals surface area (Å²) >= 11 is 5.08. The Morgan fingerprint density at radius 2 is 2.11 bits per heavy atom. The van der Waals surface area contributed by atoms with Crippen LogP contribution in [0.4, 0.5) is 0 Å². The first-order valence-electron chi connectivity index (χ1n) is 12.3. The smallest absolute Gasteiger partial charge is 0.246 e. The van der Waals surface area contributed by atoms with Crippen molar-refractivity contribution in [3.63, 3.8) is 0 Å². The van der Waals surface area contributed by atoms with Crippen LogP contribution in [0, 0.1) is 0 Å². The molecule has 186 valence electrons. The summed E-state index contributed by atoms with van der Waals surface area (Å²) in [4.78, 5) is 21.2. The number of phenols is 1. The Balaban J connectivity index is 1.43. The minimum absolute atomic E-state index is 0.0161. The Kier molecular flexibility index (Phi) is 5.42. The van der Waals surface area contributed by atoms with Gasteiger partial charge >= 0.3 is 0 Å². The van der Waals surface area contributed by atoms with Crippen LogP contribution in [0.3, 0.4) is 0 Å². The molecule has 1 amide bonds. The fraction of sp³-hybridized carbons (Fsp3) is 0.519. The van der Waals surface area contributed by atoms with Crippen molar-refractivity contribution in [1.82, 2.24) is 14.7 Å². The van der Waals surface area contributed by atoms with E-state index in [9.17, 15) is 9.90 Å². The number of ether oxygens (including phenoxy) is 1. The maximum absolute atomic E-state index is 13.4. The van der Waals surface area contributed by atoms with Crippen molar-refractivity contribution in [2.45, 2.75) is 54.8 Å². The SMILES string of the molecule is CN1CC[C@]23c4c5ccc(O)c4O[C@H]2[C@@H](N(C)C(=O)/C=C/c2cc(Br)cs2)CC[C@@]3(N(C)C)[C@H]1C5. The molecule has 35 heavy (non-hydrogen) atoms. The molecule has 1 N–H and O–H groups in total. The van der Waals surface area contributed by atoms with E-state index in [1.807, 2.05) is 29.5 Å². The zero-order chi connectivity index (χ0) is 24.7. The molecule has 0 radical (unpaired) electrons. The fourth-order valence-electron chi connectivity index (χ4n) is 7.89. The second-order valence-corrected chi connectivity index (χ2v) is 12.6. The molecular weight excluding hydrogens is 526 g/mol. The van der Waals surface area contributed by atoms with E-state index in [2.05, 4.69) is 52.9 Å². The average molecular weight is 559 g/mol. The molecule has 2 aliphatic carbocycles. The van der Waals surface area contributed by atoms with Gasteiger partial charge in [0.2, 0.25) is 5.91 Å². The number of thiophene rings is 1. The molecule has 6 rings (SSSR count). The van der Waals surface area contributed by atoms with Crippen molar-refractivity contribution < 1.29 is 14.6 Å². The second-order valence-electron chi connectivity index (χ2n) is 10.8. The first kappa shape index (κ1) is 23.5. The number of likely N-dealkylation sites (tertiary alicyclic amines) is 1. The molecule has 1 saturated carbocycles. The van der Waals surface area contributed by atoms with E-state index in [0.717, 1.165) is 41.6 Å². The molecule has 0 unspecified atom stereocenters. The average Bonchev–Trinajstić information content (AvgIpc) is 3.41. The van der Waals surface area contributed by atoms with Crippen LogP contribution in [0.1, 0.15) is 35.3 Å². The Labute approximate surface area is 219 Å². The number of hydrogen-bond donors (Lipinski definition) is 1. The predicted molar refractivity (Wildman–Crippen MR) is 142 cm³/mol. The molecule has 1 saturated heterocycles. The van der Waals surface area contributed by atoms with Gasteiger partial charge in [-0.25, -0.2) is 0 Å². The summed E-state index contributed by atoms with van der Waals surface area (Å²) in [6, 6.07) is 6.18. The molecule has 4 aliphatic rings. The lowest BCUT2D eigenvalue weighted by Crippen LogP contribution is -2.81. The third-order valence-electron chi connectivity index (χ3n) is 9.32. The highest BCUT2D eigenvalue weighted by molar-refractivity contribution is 9.10. The zero-order valence-electron chi connectivity index (χ0n) is 20.6. The number of nitrogens with zero attached hydrogens (tertiary/aromatic N) is 3. The van der Waals surface area contributed by atoms with Gasteiger partial charge in [0.05, 0.1) is 11.5 Å². The standard InChI is InChI=1S/C27H32BrN3O3S/c1-29(2)27-10-9-19(31(4)22(33)8-6-18-14-17(28)15-35-18)25-26(27)11-12-30(3)21(27)13-16-5-7-20(32)24(34-25)23(16)26/h5-8,14-15,19,21,25,32H,9-13H2,1-4H3/b8-6+/t19-,21+,25-,26-,27+/m0/s1. The summed E-state index contributed by atoms with van der Waals surface area (Å²) in [5.74, 6) is 0.847. The van der Waals surface area contributed by atoms with Gasteiger partial charge in [-0.3, -0.25) is 4.79 Å². The third-order valence-corrected chi connectivity index (χ3v) is 11.0. The molecule has 1 aromatic heterocycles. The molecule has 2 aliphatic heterocycles. The number of carbonyl (C=O) groups is 1. The van der Waals surface area contributed by atoms with Crippen LogP contribution in [0.25, 0.3) is 6.08 Å².